The van der Waals surface area contributed by atoms with Crippen LogP contribution in [-0.4, -0.2) is 32.6 Å². The Morgan fingerprint density at radius 1 is 1.31 bits per heavy atom. The van der Waals surface area contributed by atoms with E-state index in [9.17, 15) is 27.6 Å². The number of H-pyrrole nitrogens is 2. The summed E-state index contributed by atoms with van der Waals surface area (Å²) in [6, 6.07) is 4.21. The summed E-state index contributed by atoms with van der Waals surface area (Å²) in [5.41, 5.74) is 0.275. The van der Waals surface area contributed by atoms with E-state index in [0.29, 0.717) is 5.56 Å². The Balaban J connectivity index is 1.93. The van der Waals surface area contributed by atoms with Crippen molar-refractivity contribution >= 4 is 23.9 Å². The number of nitrogens with one attached hydrogen (secondary N) is 3. The van der Waals surface area contributed by atoms with E-state index in [2.05, 4.69) is 15.6 Å². The number of hydrogen-bond donors (Lipinski definition) is 3. The van der Waals surface area contributed by atoms with Gasteiger partial charge in [0.05, 0.1) is 17.0 Å². The maximum absolute atomic E-state index is 12.5. The molecule has 1 amide bonds. The Morgan fingerprint density at radius 3 is 2.54 bits per heavy atom. The molecule has 1 heterocycles. The first-order valence-corrected chi connectivity index (χ1v) is 7.90. The number of nitrogens with zero attached hydrogens (tertiary/aromatic N) is 2. The lowest BCUT2D eigenvalue weighted by Gasteiger charge is -2.07. The predicted molar refractivity (Wildman–Crippen MR) is 88.0 cm³/mol. The molecule has 0 saturated heterocycles. The molecule has 0 bridgehead atoms. The maximum atomic E-state index is 12.5. The Hall–Kier alpha value is -2.89. The van der Waals surface area contributed by atoms with Crippen LogP contribution in [0.25, 0.3) is 0 Å². The quantitative estimate of drug-likeness (QED) is 0.403. The second-order valence-electron chi connectivity index (χ2n) is 4.93. The van der Waals surface area contributed by atoms with Crippen LogP contribution in [0.3, 0.4) is 0 Å². The molecule has 1 unspecified atom stereocenters. The Kier molecular flexibility index (Phi) is 5.97. The number of rotatable bonds is 5. The molecule has 1 aromatic carbocycles. The standard InChI is InChI=1S/C14H12F3N5O3S/c1-7(26-12-11(24)19-13(25)22-21-12)10(23)20-18-6-8-2-4-9(5-3-8)14(15,16)17/h2-7H,1H3,(H,20,23)(H2,19,22,24,25)/b18-6+. The molecule has 0 spiro atoms. The lowest BCUT2D eigenvalue weighted by molar-refractivity contribution is -0.137. The second kappa shape index (κ2) is 7.99. The van der Waals surface area contributed by atoms with Gasteiger partial charge in [0.2, 0.25) is 0 Å². The van der Waals surface area contributed by atoms with Crippen LogP contribution in [0.5, 0.6) is 0 Å². The molecule has 1 aromatic heterocycles. The molecule has 26 heavy (non-hydrogen) atoms. The van der Waals surface area contributed by atoms with Gasteiger partial charge in [-0.3, -0.25) is 14.6 Å². The van der Waals surface area contributed by atoms with Gasteiger partial charge in [0.1, 0.15) is 0 Å². The zero-order valence-corrected chi connectivity index (χ0v) is 13.9. The molecule has 1 atom stereocenters. The summed E-state index contributed by atoms with van der Waals surface area (Å²) in [6.07, 6.45) is -3.25. The molecule has 0 aliphatic carbocycles. The molecule has 2 aromatic rings. The molecule has 138 valence electrons. The van der Waals surface area contributed by atoms with Crippen molar-refractivity contribution in [3.8, 4) is 0 Å². The van der Waals surface area contributed by atoms with Crippen molar-refractivity contribution in [3.05, 3.63) is 56.2 Å². The van der Waals surface area contributed by atoms with Crippen LogP contribution in [0.2, 0.25) is 0 Å². The highest BCUT2D eigenvalue weighted by atomic mass is 32.2. The van der Waals surface area contributed by atoms with Gasteiger partial charge in [-0.1, -0.05) is 23.9 Å². The third-order valence-electron chi connectivity index (χ3n) is 2.96. The average Bonchev–Trinajstić information content (AvgIpc) is 2.57. The first-order valence-electron chi connectivity index (χ1n) is 7.02. The summed E-state index contributed by atoms with van der Waals surface area (Å²) in [5, 5.41) is 8.36. The zero-order valence-electron chi connectivity index (χ0n) is 13.1. The van der Waals surface area contributed by atoms with Crippen molar-refractivity contribution in [2.24, 2.45) is 5.10 Å². The summed E-state index contributed by atoms with van der Waals surface area (Å²) < 4.78 is 37.4. The minimum absolute atomic E-state index is 0.0982. The Bertz CT molecular complexity index is 921. The molecule has 0 aliphatic rings. The van der Waals surface area contributed by atoms with E-state index in [-0.39, 0.29) is 5.03 Å². The number of thioether (sulfide) groups is 1. The average molecular weight is 387 g/mol. The van der Waals surface area contributed by atoms with E-state index in [1.54, 1.807) is 0 Å². The van der Waals surface area contributed by atoms with E-state index in [0.717, 1.165) is 23.9 Å². The summed E-state index contributed by atoms with van der Waals surface area (Å²) in [6.45, 7) is 1.49. The molecule has 0 radical (unpaired) electrons. The van der Waals surface area contributed by atoms with Gasteiger partial charge in [-0.25, -0.2) is 15.3 Å². The number of aromatic nitrogens is 3. The summed E-state index contributed by atoms with van der Waals surface area (Å²) in [5.74, 6) is -0.564. The lowest BCUT2D eigenvalue weighted by Crippen LogP contribution is -2.30. The number of benzene rings is 1. The highest BCUT2D eigenvalue weighted by Crippen LogP contribution is 2.28. The molecule has 0 aliphatic heterocycles. The van der Waals surface area contributed by atoms with Gasteiger partial charge in [-0.15, -0.1) is 0 Å². The molecule has 12 heteroatoms. The zero-order chi connectivity index (χ0) is 19.3. The number of amides is 1. The fourth-order valence-electron chi connectivity index (χ4n) is 1.66. The monoisotopic (exact) mass is 387 g/mol. The molecule has 8 nitrogen and oxygen atoms in total. The topological polar surface area (TPSA) is 120 Å². The van der Waals surface area contributed by atoms with E-state index in [1.807, 2.05) is 10.1 Å². The first kappa shape index (κ1) is 19.4. The van der Waals surface area contributed by atoms with Gasteiger partial charge >= 0.3 is 11.9 Å². The van der Waals surface area contributed by atoms with Gasteiger partial charge in [-0.05, 0) is 24.6 Å². The van der Waals surface area contributed by atoms with Crippen LogP contribution >= 0.6 is 11.8 Å². The van der Waals surface area contributed by atoms with E-state index in [1.165, 1.54) is 25.3 Å². The van der Waals surface area contributed by atoms with Crippen molar-refractivity contribution < 1.29 is 18.0 Å². The van der Waals surface area contributed by atoms with Gasteiger partial charge in [0.25, 0.3) is 11.5 Å². The molecule has 2 rings (SSSR count). The van der Waals surface area contributed by atoms with Gasteiger partial charge in [0.15, 0.2) is 5.03 Å². The summed E-state index contributed by atoms with van der Waals surface area (Å²) in [4.78, 5) is 36.2. The van der Waals surface area contributed by atoms with Crippen molar-refractivity contribution in [2.75, 3.05) is 0 Å². The Morgan fingerprint density at radius 2 is 1.96 bits per heavy atom. The number of halogens is 3. The molecule has 3 N–H and O–H groups in total. The summed E-state index contributed by atoms with van der Waals surface area (Å²) in [7, 11) is 0. The van der Waals surface area contributed by atoms with E-state index >= 15 is 0 Å². The maximum Gasteiger partial charge on any atom is 0.416 e. The molecule has 0 saturated carbocycles. The molecular weight excluding hydrogens is 375 g/mol. The first-order chi connectivity index (χ1) is 12.2. The highest BCUT2D eigenvalue weighted by Gasteiger charge is 2.29. The number of hydrogen-bond acceptors (Lipinski definition) is 6. The number of aromatic amines is 2. The second-order valence-corrected chi connectivity index (χ2v) is 6.26. The number of alkyl halides is 3. The SMILES string of the molecule is CC(Sc1n[nH]c(=O)[nH]c1=O)C(=O)N/N=C/c1ccc(C(F)(F)F)cc1. The van der Waals surface area contributed by atoms with Crippen LogP contribution in [-0.2, 0) is 11.0 Å². The van der Waals surface area contributed by atoms with Gasteiger partial charge in [-0.2, -0.15) is 23.4 Å². The molecular formula is C14H12F3N5O3S. The smallest absolute Gasteiger partial charge is 0.272 e. The van der Waals surface area contributed by atoms with Crippen LogP contribution in [0.4, 0.5) is 13.2 Å². The third-order valence-corrected chi connectivity index (χ3v) is 4.03. The minimum atomic E-state index is -4.43. The number of carbonyl (C=O) groups excluding carboxylic acids is 1. The van der Waals surface area contributed by atoms with Crippen molar-refractivity contribution in [1.29, 1.82) is 0 Å². The fourth-order valence-corrected chi connectivity index (χ4v) is 2.41. The fraction of sp³-hybridized carbons (Fsp3) is 0.214. The van der Waals surface area contributed by atoms with Gasteiger partial charge < -0.3 is 0 Å². The third kappa shape index (κ3) is 5.31. The van der Waals surface area contributed by atoms with Crippen LogP contribution in [0, 0.1) is 0 Å². The minimum Gasteiger partial charge on any atom is -0.272 e. The largest absolute Gasteiger partial charge is 0.416 e. The van der Waals surface area contributed by atoms with E-state index < -0.39 is 34.1 Å². The highest BCUT2D eigenvalue weighted by molar-refractivity contribution is 8.00. The molecule has 0 fully saturated rings. The van der Waals surface area contributed by atoms with Crippen molar-refractivity contribution in [3.63, 3.8) is 0 Å². The number of carbonyl (C=O) groups is 1. The number of hydrazone groups is 1. The van der Waals surface area contributed by atoms with Crippen molar-refractivity contribution in [2.45, 2.75) is 23.4 Å². The van der Waals surface area contributed by atoms with Crippen LogP contribution < -0.4 is 16.7 Å². The van der Waals surface area contributed by atoms with Gasteiger partial charge in [0, 0.05) is 0 Å². The normalized spacial score (nSPS) is 12.9. The van der Waals surface area contributed by atoms with E-state index in [4.69, 9.17) is 0 Å². The van der Waals surface area contributed by atoms with Crippen molar-refractivity contribution in [1.82, 2.24) is 20.6 Å². The Labute approximate surface area is 147 Å². The predicted octanol–water partition coefficient (Wildman–Crippen LogP) is 1.11. The van der Waals surface area contributed by atoms with Crippen LogP contribution in [0.15, 0.2) is 44.0 Å². The lowest BCUT2D eigenvalue weighted by atomic mass is 10.1. The van der Waals surface area contributed by atoms with Crippen LogP contribution in [0.1, 0.15) is 18.1 Å². The summed E-state index contributed by atoms with van der Waals surface area (Å²) >= 11 is 0.802.